The molecular formula is C24H22FN3O2. The number of aryl methyl sites for hydroxylation is 2. The van der Waals surface area contributed by atoms with Gasteiger partial charge in [0.2, 0.25) is 11.7 Å². The minimum atomic E-state index is -0.637. The number of halogens is 1. The fourth-order valence-corrected chi connectivity index (χ4v) is 3.26. The summed E-state index contributed by atoms with van der Waals surface area (Å²) in [4.78, 5) is 8.04. The van der Waals surface area contributed by atoms with Gasteiger partial charge in [-0.05, 0) is 30.2 Å². The SMILES string of the molecule is Cc1ccc(C(C)(C)c2ccc(Oc3ccnc(-c4noc(C)n4)c3F)cc2)cc1. The number of pyridine rings is 1. The second-order valence-electron chi connectivity index (χ2n) is 7.73. The molecule has 4 aromatic rings. The Kier molecular flexibility index (Phi) is 5.08. The average Bonchev–Trinajstić information content (AvgIpc) is 3.16. The molecule has 2 aromatic heterocycles. The number of ether oxygens (including phenoxy) is 1. The van der Waals surface area contributed by atoms with E-state index in [0.29, 0.717) is 11.6 Å². The van der Waals surface area contributed by atoms with Crippen LogP contribution in [-0.2, 0) is 5.41 Å². The zero-order valence-electron chi connectivity index (χ0n) is 17.3. The minimum absolute atomic E-state index is 0.0125. The molecule has 0 unspecified atom stereocenters. The molecule has 0 radical (unpaired) electrons. The Balaban J connectivity index is 1.58. The maximum absolute atomic E-state index is 14.9. The highest BCUT2D eigenvalue weighted by molar-refractivity contribution is 5.53. The van der Waals surface area contributed by atoms with Crippen LogP contribution in [0, 0.1) is 19.7 Å². The largest absolute Gasteiger partial charge is 0.454 e. The number of hydrogen-bond acceptors (Lipinski definition) is 5. The standard InChI is InChI=1S/C24H22FN3O2/c1-15-5-7-17(8-6-15)24(3,4)18-9-11-19(12-10-18)29-20-13-14-26-22(21(20)25)23-27-16(2)30-28-23/h5-14H,1-4H3. The second-order valence-corrected chi connectivity index (χ2v) is 7.73. The summed E-state index contributed by atoms with van der Waals surface area (Å²) < 4.78 is 25.5. The molecule has 0 aliphatic carbocycles. The van der Waals surface area contributed by atoms with Gasteiger partial charge in [-0.3, -0.25) is 0 Å². The molecule has 5 nitrogen and oxygen atoms in total. The number of nitrogens with zero attached hydrogens (tertiary/aromatic N) is 3. The summed E-state index contributed by atoms with van der Waals surface area (Å²) in [5.74, 6) is 0.365. The molecule has 0 aliphatic heterocycles. The van der Waals surface area contributed by atoms with Crippen molar-refractivity contribution in [1.82, 2.24) is 15.1 Å². The van der Waals surface area contributed by atoms with E-state index in [1.165, 1.54) is 23.4 Å². The smallest absolute Gasteiger partial charge is 0.224 e. The van der Waals surface area contributed by atoms with Crippen molar-refractivity contribution in [2.24, 2.45) is 0 Å². The van der Waals surface area contributed by atoms with E-state index < -0.39 is 5.82 Å². The quantitative estimate of drug-likeness (QED) is 0.409. The maximum atomic E-state index is 14.9. The first-order chi connectivity index (χ1) is 14.3. The molecule has 0 fully saturated rings. The van der Waals surface area contributed by atoms with Gasteiger partial charge >= 0.3 is 0 Å². The van der Waals surface area contributed by atoms with Gasteiger partial charge in [0.05, 0.1) is 0 Å². The molecule has 0 amide bonds. The van der Waals surface area contributed by atoms with Crippen molar-refractivity contribution < 1.29 is 13.7 Å². The monoisotopic (exact) mass is 403 g/mol. The van der Waals surface area contributed by atoms with E-state index in [0.717, 1.165) is 5.56 Å². The maximum Gasteiger partial charge on any atom is 0.224 e. The molecule has 0 bridgehead atoms. The van der Waals surface area contributed by atoms with E-state index in [1.807, 2.05) is 24.3 Å². The lowest BCUT2D eigenvalue weighted by molar-refractivity contribution is 0.393. The van der Waals surface area contributed by atoms with Gasteiger partial charge in [0.25, 0.3) is 0 Å². The summed E-state index contributed by atoms with van der Waals surface area (Å²) in [5, 5.41) is 3.72. The molecule has 4 rings (SSSR count). The Morgan fingerprint density at radius 3 is 2.13 bits per heavy atom. The molecule has 0 aliphatic rings. The van der Waals surface area contributed by atoms with Gasteiger partial charge in [-0.2, -0.15) is 4.98 Å². The Morgan fingerprint density at radius 2 is 1.53 bits per heavy atom. The number of benzene rings is 2. The van der Waals surface area contributed by atoms with E-state index in [4.69, 9.17) is 9.26 Å². The van der Waals surface area contributed by atoms with E-state index in [1.54, 1.807) is 6.92 Å². The summed E-state index contributed by atoms with van der Waals surface area (Å²) in [6, 6.07) is 17.7. The van der Waals surface area contributed by atoms with Crippen LogP contribution in [-0.4, -0.2) is 15.1 Å². The lowest BCUT2D eigenvalue weighted by atomic mass is 9.78. The van der Waals surface area contributed by atoms with Crippen LogP contribution in [0.3, 0.4) is 0 Å². The molecule has 0 atom stereocenters. The molecule has 0 saturated carbocycles. The van der Waals surface area contributed by atoms with Crippen molar-refractivity contribution in [2.75, 3.05) is 0 Å². The fraction of sp³-hybridized carbons (Fsp3) is 0.208. The third-order valence-corrected chi connectivity index (χ3v) is 5.17. The molecule has 2 heterocycles. The van der Waals surface area contributed by atoms with E-state index in [-0.39, 0.29) is 22.7 Å². The Bertz CT molecular complexity index is 1170. The van der Waals surface area contributed by atoms with Crippen molar-refractivity contribution in [3.63, 3.8) is 0 Å². The van der Waals surface area contributed by atoms with Gasteiger partial charge in [-0.25, -0.2) is 9.37 Å². The van der Waals surface area contributed by atoms with E-state index >= 15 is 0 Å². The predicted molar refractivity (Wildman–Crippen MR) is 112 cm³/mol. The summed E-state index contributed by atoms with van der Waals surface area (Å²) in [6.45, 7) is 8.06. The lowest BCUT2D eigenvalue weighted by Crippen LogP contribution is -2.18. The van der Waals surface area contributed by atoms with Crippen LogP contribution >= 0.6 is 0 Å². The normalized spacial score (nSPS) is 11.5. The Labute approximate surface area is 174 Å². The summed E-state index contributed by atoms with van der Waals surface area (Å²) in [5.41, 5.74) is 3.41. The molecule has 0 saturated heterocycles. The number of rotatable bonds is 5. The highest BCUT2D eigenvalue weighted by Gasteiger charge is 2.23. The Morgan fingerprint density at radius 1 is 0.900 bits per heavy atom. The summed E-state index contributed by atoms with van der Waals surface area (Å²) >= 11 is 0. The zero-order valence-corrected chi connectivity index (χ0v) is 17.3. The topological polar surface area (TPSA) is 61.0 Å². The third kappa shape index (κ3) is 3.81. The summed E-state index contributed by atoms with van der Waals surface area (Å²) in [6.07, 6.45) is 1.45. The van der Waals surface area contributed by atoms with Crippen LogP contribution in [0.1, 0.15) is 36.4 Å². The molecule has 152 valence electrons. The van der Waals surface area contributed by atoms with Crippen LogP contribution in [0.5, 0.6) is 11.5 Å². The first-order valence-corrected chi connectivity index (χ1v) is 9.65. The minimum Gasteiger partial charge on any atom is -0.454 e. The van der Waals surface area contributed by atoms with E-state index in [9.17, 15) is 4.39 Å². The van der Waals surface area contributed by atoms with Gasteiger partial charge < -0.3 is 9.26 Å². The fourth-order valence-electron chi connectivity index (χ4n) is 3.26. The van der Waals surface area contributed by atoms with Gasteiger partial charge in [-0.15, -0.1) is 0 Å². The van der Waals surface area contributed by atoms with Crippen LogP contribution in [0.25, 0.3) is 11.5 Å². The first kappa shape index (κ1) is 19.8. The molecule has 30 heavy (non-hydrogen) atoms. The number of hydrogen-bond donors (Lipinski definition) is 0. The van der Waals surface area contributed by atoms with Crippen molar-refractivity contribution in [2.45, 2.75) is 33.1 Å². The van der Waals surface area contributed by atoms with Crippen molar-refractivity contribution >= 4 is 0 Å². The Hall–Kier alpha value is -3.54. The van der Waals surface area contributed by atoms with Crippen molar-refractivity contribution in [3.05, 3.63) is 89.2 Å². The van der Waals surface area contributed by atoms with Crippen LogP contribution in [0.2, 0.25) is 0 Å². The van der Waals surface area contributed by atoms with Crippen LogP contribution in [0.15, 0.2) is 65.3 Å². The third-order valence-electron chi connectivity index (χ3n) is 5.17. The average molecular weight is 403 g/mol. The zero-order chi connectivity index (χ0) is 21.3. The molecule has 6 heteroatoms. The van der Waals surface area contributed by atoms with Gasteiger partial charge in [0.1, 0.15) is 5.75 Å². The highest BCUT2D eigenvalue weighted by atomic mass is 19.1. The van der Waals surface area contributed by atoms with Gasteiger partial charge in [-0.1, -0.05) is 61.0 Å². The van der Waals surface area contributed by atoms with Gasteiger partial charge in [0, 0.05) is 24.6 Å². The molecular weight excluding hydrogens is 381 g/mol. The number of aromatic nitrogens is 3. The predicted octanol–water partition coefficient (Wildman–Crippen LogP) is 6.01. The van der Waals surface area contributed by atoms with E-state index in [2.05, 4.69) is 60.2 Å². The van der Waals surface area contributed by atoms with Crippen LogP contribution in [0.4, 0.5) is 4.39 Å². The van der Waals surface area contributed by atoms with Crippen molar-refractivity contribution in [3.8, 4) is 23.0 Å². The van der Waals surface area contributed by atoms with Crippen LogP contribution < -0.4 is 4.74 Å². The summed E-state index contributed by atoms with van der Waals surface area (Å²) in [7, 11) is 0. The molecule has 2 aromatic carbocycles. The first-order valence-electron chi connectivity index (χ1n) is 9.65. The molecule has 0 spiro atoms. The lowest BCUT2D eigenvalue weighted by Gasteiger charge is -2.26. The second kappa shape index (κ2) is 7.71. The molecule has 0 N–H and O–H groups in total. The highest BCUT2D eigenvalue weighted by Crippen LogP contribution is 2.34. The van der Waals surface area contributed by atoms with Crippen molar-refractivity contribution in [1.29, 1.82) is 0 Å². The van der Waals surface area contributed by atoms with Gasteiger partial charge in [0.15, 0.2) is 17.3 Å².